The van der Waals surface area contributed by atoms with E-state index < -0.39 is 56.3 Å². The number of aliphatic hydroxyl groups excluding tert-OH is 1. The van der Waals surface area contributed by atoms with E-state index in [1.807, 2.05) is 0 Å². The number of azide groups is 1. The summed E-state index contributed by atoms with van der Waals surface area (Å²) in [6.07, 6.45) is -2.76. The van der Waals surface area contributed by atoms with Crippen LogP contribution in [0.1, 0.15) is 37.4 Å². The van der Waals surface area contributed by atoms with Crippen molar-refractivity contribution in [1.29, 1.82) is 0 Å². The van der Waals surface area contributed by atoms with E-state index in [1.54, 1.807) is 13.0 Å². The number of nitrogens with zero attached hydrogens (tertiary/aromatic N) is 7. The minimum absolute atomic E-state index is 0.0625. The molecular formula is C25H32N9O10P. The summed E-state index contributed by atoms with van der Waals surface area (Å²) in [4.78, 5) is 40.0. The molecule has 242 valence electrons. The first kappa shape index (κ1) is 33.4. The van der Waals surface area contributed by atoms with E-state index in [2.05, 4.69) is 30.1 Å². The molecule has 0 spiro atoms. The molecule has 1 aliphatic heterocycles. The Hall–Kier alpha value is -4.51. The minimum Gasteiger partial charge on any atom is -0.479 e. The zero-order valence-corrected chi connectivity index (χ0v) is 25.8. The van der Waals surface area contributed by atoms with Gasteiger partial charge in [-0.3, -0.25) is 13.9 Å². The monoisotopic (exact) mass is 649 g/mol. The van der Waals surface area contributed by atoms with Crippen molar-refractivity contribution < 1.29 is 47.3 Å². The van der Waals surface area contributed by atoms with Gasteiger partial charge < -0.3 is 34.3 Å². The summed E-state index contributed by atoms with van der Waals surface area (Å²) >= 11 is 0. The van der Waals surface area contributed by atoms with Gasteiger partial charge in [-0.05, 0) is 38.4 Å². The predicted octanol–water partition coefficient (Wildman–Crippen LogP) is 2.28. The number of aromatic nitrogens is 4. The lowest BCUT2D eigenvalue weighted by Crippen LogP contribution is -2.43. The number of methoxy groups -OCH3 is 2. The molecule has 1 saturated heterocycles. The number of hydrogen-bond donors (Lipinski definition) is 3. The lowest BCUT2D eigenvalue weighted by molar-refractivity contribution is -0.142. The third-order valence-electron chi connectivity index (χ3n) is 6.78. The first-order valence-corrected chi connectivity index (χ1v) is 14.9. The Labute approximate surface area is 256 Å². The van der Waals surface area contributed by atoms with Crippen molar-refractivity contribution in [3.8, 4) is 11.6 Å². The topological polar surface area (TPSA) is 257 Å². The Balaban J connectivity index is 1.67. The van der Waals surface area contributed by atoms with Crippen LogP contribution in [0.5, 0.6) is 11.6 Å². The molecule has 0 bridgehead atoms. The molecule has 6 atom stereocenters. The molecule has 4 N–H and O–H groups in total. The lowest BCUT2D eigenvalue weighted by atomic mass is 9.93. The highest BCUT2D eigenvalue weighted by molar-refractivity contribution is 7.52. The van der Waals surface area contributed by atoms with Gasteiger partial charge in [-0.25, -0.2) is 14.3 Å². The number of anilines is 1. The van der Waals surface area contributed by atoms with Gasteiger partial charge in [-0.15, -0.1) is 0 Å². The van der Waals surface area contributed by atoms with Crippen LogP contribution in [0, 0.1) is 0 Å². The smallest absolute Gasteiger partial charge is 0.459 e. The van der Waals surface area contributed by atoms with E-state index in [-0.39, 0.29) is 40.9 Å². The fourth-order valence-corrected chi connectivity index (χ4v) is 6.11. The van der Waals surface area contributed by atoms with Crippen LogP contribution in [0.2, 0.25) is 0 Å². The lowest BCUT2D eigenvalue weighted by Gasteiger charge is -2.28. The maximum Gasteiger partial charge on any atom is 0.459 e. The number of hydrogen-bond acceptors (Lipinski definition) is 15. The molecule has 0 aliphatic carbocycles. The number of carbonyl (C=O) groups is 2. The number of ether oxygens (including phenoxy) is 4. The highest BCUT2D eigenvalue weighted by Gasteiger charge is 2.55. The average molecular weight is 650 g/mol. The summed E-state index contributed by atoms with van der Waals surface area (Å²) in [5, 5.41) is 17.6. The largest absolute Gasteiger partial charge is 0.479 e. The van der Waals surface area contributed by atoms with Crippen molar-refractivity contribution >= 4 is 36.8 Å². The molecule has 20 heteroatoms. The number of rotatable bonds is 13. The molecule has 4 rings (SSSR count). The highest BCUT2D eigenvalue weighted by atomic mass is 31.2. The van der Waals surface area contributed by atoms with E-state index in [0.717, 1.165) is 7.11 Å². The van der Waals surface area contributed by atoms with Crippen molar-refractivity contribution in [3.05, 3.63) is 46.6 Å². The first-order valence-electron chi connectivity index (χ1n) is 13.4. The fraction of sp³-hybridized carbons (Fsp3) is 0.480. The fourth-order valence-electron chi connectivity index (χ4n) is 4.58. The number of nitrogens with one attached hydrogen (secondary N) is 1. The average Bonchev–Trinajstić information content (AvgIpc) is 3.53. The molecule has 2 aromatic heterocycles. The molecule has 3 aromatic rings. The molecule has 1 fully saturated rings. The number of imidazole rings is 1. The molecule has 1 aliphatic rings. The van der Waals surface area contributed by atoms with Gasteiger partial charge in [0.05, 0.1) is 39.9 Å². The summed E-state index contributed by atoms with van der Waals surface area (Å²) in [6.45, 7) is 3.84. The summed E-state index contributed by atoms with van der Waals surface area (Å²) in [7, 11) is -2.04. The van der Waals surface area contributed by atoms with Crippen LogP contribution in [0.15, 0.2) is 35.7 Å². The van der Waals surface area contributed by atoms with Crippen molar-refractivity contribution in [3.63, 3.8) is 0 Å². The molecule has 3 heterocycles. The van der Waals surface area contributed by atoms with Crippen molar-refractivity contribution in [2.75, 3.05) is 33.2 Å². The molecule has 45 heavy (non-hydrogen) atoms. The van der Waals surface area contributed by atoms with Gasteiger partial charge in [-0.2, -0.15) is 15.1 Å². The number of carbonyl (C=O) groups excluding carboxylic acids is 2. The van der Waals surface area contributed by atoms with Gasteiger partial charge in [0.2, 0.25) is 11.8 Å². The first-order chi connectivity index (χ1) is 21.4. The Bertz CT molecular complexity index is 1670. The van der Waals surface area contributed by atoms with Crippen LogP contribution < -0.4 is 20.1 Å². The van der Waals surface area contributed by atoms with Crippen LogP contribution in [0.3, 0.4) is 0 Å². The maximum atomic E-state index is 14.1. The van der Waals surface area contributed by atoms with E-state index in [4.69, 9.17) is 33.7 Å². The SMILES string of the molecule is CCOC(=O)c1ccccc1OP(=O)(N[C@@H](C)C(=O)OC)OC[C@H]1O[C@@H](n2cnc3c(OC)nc(N)nc32)[C@](C)(N=[N+]=[N-])[C@@H]1O. The standard InChI is InChI=1S/C25H32N9O10P/c1-6-41-22(37)14-9-7-8-10-15(14)44-45(38,31-13(2)21(36)40-5)42-11-16-18(35)25(3,32-33-27)23(43-16)34-12-28-17-19(34)29-24(26)30-20(17)39-4/h7-10,12-13,16,18,23,35H,6,11H2,1-5H3,(H,31,38)(H2,26,29,30)/t13-,16+,18+,23+,25+,45?/m0/s1. The number of fused-ring (bicyclic) bond motifs is 1. The summed E-state index contributed by atoms with van der Waals surface area (Å²) in [6, 6.07) is 4.61. The van der Waals surface area contributed by atoms with Crippen LogP contribution in [0.25, 0.3) is 21.6 Å². The third-order valence-corrected chi connectivity index (χ3v) is 8.41. The number of esters is 2. The number of benzene rings is 1. The zero-order valence-electron chi connectivity index (χ0n) is 24.9. The normalized spacial score (nSPS) is 23.0. The van der Waals surface area contributed by atoms with Gasteiger partial charge in [0.1, 0.15) is 29.0 Å². The summed E-state index contributed by atoms with van der Waals surface area (Å²) < 4.78 is 47.9. The number of para-hydroxylation sites is 1. The Kier molecular flexibility index (Phi) is 10.1. The van der Waals surface area contributed by atoms with Gasteiger partial charge >= 0.3 is 19.7 Å². The van der Waals surface area contributed by atoms with E-state index in [0.29, 0.717) is 0 Å². The van der Waals surface area contributed by atoms with Crippen molar-refractivity contribution in [2.24, 2.45) is 5.11 Å². The molecule has 0 saturated carbocycles. The van der Waals surface area contributed by atoms with Crippen molar-refractivity contribution in [2.45, 2.75) is 50.8 Å². The minimum atomic E-state index is -4.55. The van der Waals surface area contributed by atoms with Crippen LogP contribution in [-0.2, 0) is 28.1 Å². The Morgan fingerprint density at radius 2 is 2.07 bits per heavy atom. The molecular weight excluding hydrogens is 617 g/mol. The number of nitrogen functional groups attached to an aromatic ring is 1. The second kappa shape index (κ2) is 13.6. The van der Waals surface area contributed by atoms with Gasteiger partial charge in [0.25, 0.3) is 0 Å². The van der Waals surface area contributed by atoms with Gasteiger partial charge in [0.15, 0.2) is 17.4 Å². The second-order valence-corrected chi connectivity index (χ2v) is 11.5. The molecule has 19 nitrogen and oxygen atoms in total. The molecule has 1 unspecified atom stereocenters. The van der Waals surface area contributed by atoms with E-state index >= 15 is 0 Å². The number of nitrogens with two attached hydrogens (primary N) is 1. The van der Waals surface area contributed by atoms with Gasteiger partial charge in [0, 0.05) is 4.91 Å². The molecule has 0 amide bonds. The van der Waals surface area contributed by atoms with E-state index in [1.165, 1.54) is 50.1 Å². The molecule has 1 aromatic carbocycles. The number of aliphatic hydroxyl groups is 1. The van der Waals surface area contributed by atoms with Crippen LogP contribution in [-0.4, -0.2) is 87.8 Å². The van der Waals surface area contributed by atoms with Crippen LogP contribution in [0.4, 0.5) is 5.95 Å². The van der Waals surface area contributed by atoms with E-state index in [9.17, 15) is 24.8 Å². The highest BCUT2D eigenvalue weighted by Crippen LogP contribution is 2.49. The van der Waals surface area contributed by atoms with Crippen LogP contribution >= 0.6 is 7.75 Å². The Morgan fingerprint density at radius 1 is 1.33 bits per heavy atom. The zero-order chi connectivity index (χ0) is 32.9. The summed E-state index contributed by atoms with van der Waals surface area (Å²) in [5.74, 6) is -1.79. The maximum absolute atomic E-state index is 14.1. The quantitative estimate of drug-likeness (QED) is 0.0789. The van der Waals surface area contributed by atoms with Gasteiger partial charge in [-0.1, -0.05) is 17.2 Å². The Morgan fingerprint density at radius 3 is 2.73 bits per heavy atom. The molecule has 0 radical (unpaired) electrons. The second-order valence-electron chi connectivity index (χ2n) is 9.78. The predicted molar refractivity (Wildman–Crippen MR) is 155 cm³/mol. The van der Waals surface area contributed by atoms with Crippen molar-refractivity contribution in [1.82, 2.24) is 24.6 Å². The summed E-state index contributed by atoms with van der Waals surface area (Å²) in [5.41, 5.74) is 13.8. The third kappa shape index (κ3) is 6.78.